The number of anilines is 1. The molecule has 110 valence electrons. The van der Waals surface area contributed by atoms with E-state index in [9.17, 15) is 8.42 Å². The average molecular weight is 305 g/mol. The van der Waals surface area contributed by atoms with Crippen LogP contribution in [0.1, 0.15) is 11.1 Å². The second-order valence-electron chi connectivity index (χ2n) is 4.44. The third-order valence-electron chi connectivity index (χ3n) is 2.68. The maximum absolute atomic E-state index is 12.4. The predicted octanol–water partition coefficient (Wildman–Crippen LogP) is 0.873. The molecule has 0 unspecified atom stereocenters. The third kappa shape index (κ3) is 3.62. The maximum atomic E-state index is 12.4. The summed E-state index contributed by atoms with van der Waals surface area (Å²) in [6.45, 7) is 1.51. The number of rotatable bonds is 3. The van der Waals surface area contributed by atoms with Gasteiger partial charge in [0.15, 0.2) is 5.82 Å². The highest BCUT2D eigenvalue weighted by Gasteiger charge is 2.19. The lowest BCUT2D eigenvalue weighted by Crippen LogP contribution is -2.15. The highest BCUT2D eigenvalue weighted by atomic mass is 32.2. The van der Waals surface area contributed by atoms with Gasteiger partial charge in [-0.15, -0.1) is 0 Å². The topological polar surface area (TPSA) is 84.2 Å². The molecule has 2 N–H and O–H groups in total. The molecule has 0 fully saturated rings. The molecule has 1 aromatic carbocycles. The smallest absolute Gasteiger partial charge is 0.264 e. The van der Waals surface area contributed by atoms with E-state index in [0.717, 1.165) is 5.56 Å². The Morgan fingerprint density at radius 3 is 2.76 bits per heavy atom. The summed E-state index contributed by atoms with van der Waals surface area (Å²) in [6, 6.07) is 6.40. The van der Waals surface area contributed by atoms with Crippen molar-refractivity contribution in [2.75, 3.05) is 11.3 Å². The zero-order valence-electron chi connectivity index (χ0n) is 11.7. The number of nitrogens with one attached hydrogen (secondary N) is 1. The van der Waals surface area contributed by atoms with Crippen LogP contribution in [0.3, 0.4) is 0 Å². The molecule has 2 aromatic rings. The Morgan fingerprint density at radius 2 is 2.14 bits per heavy atom. The van der Waals surface area contributed by atoms with Gasteiger partial charge in [-0.05, 0) is 24.6 Å². The van der Waals surface area contributed by atoms with Crippen LogP contribution < -0.4 is 4.72 Å². The summed E-state index contributed by atoms with van der Waals surface area (Å²) in [4.78, 5) is 0.0553. The van der Waals surface area contributed by atoms with Crippen molar-refractivity contribution in [1.29, 1.82) is 0 Å². The lowest BCUT2D eigenvalue weighted by molar-refractivity contribution is 0.350. The summed E-state index contributed by atoms with van der Waals surface area (Å²) < 4.78 is 28.7. The molecule has 0 atom stereocenters. The number of aromatic nitrogens is 2. The van der Waals surface area contributed by atoms with E-state index in [1.807, 2.05) is 6.92 Å². The molecule has 6 nitrogen and oxygen atoms in total. The van der Waals surface area contributed by atoms with Crippen molar-refractivity contribution in [1.82, 2.24) is 9.78 Å². The van der Waals surface area contributed by atoms with Crippen LogP contribution in [-0.4, -0.2) is 29.9 Å². The standard InChI is InChI=1S/C14H15N3O3S/c1-11-5-6-13(12(10-11)4-3-9-18)21(19,20)16-14-7-8-17(2)15-14/h5-8,10,18H,9H2,1-2H3,(H,15,16). The van der Waals surface area contributed by atoms with Crippen LogP contribution >= 0.6 is 0 Å². The first-order valence-corrected chi connectivity index (χ1v) is 7.63. The molecule has 2 rings (SSSR count). The summed E-state index contributed by atoms with van der Waals surface area (Å²) in [5.41, 5.74) is 1.22. The van der Waals surface area contributed by atoms with Gasteiger partial charge in [0.25, 0.3) is 10.0 Å². The second-order valence-corrected chi connectivity index (χ2v) is 6.09. The van der Waals surface area contributed by atoms with E-state index in [0.29, 0.717) is 5.56 Å². The number of aliphatic hydroxyl groups is 1. The zero-order valence-corrected chi connectivity index (χ0v) is 12.5. The summed E-state index contributed by atoms with van der Waals surface area (Å²) in [6.07, 6.45) is 1.64. The van der Waals surface area contributed by atoms with Gasteiger partial charge in [0, 0.05) is 24.9 Å². The SMILES string of the molecule is Cc1ccc(S(=O)(=O)Nc2ccn(C)n2)c(C#CCO)c1. The van der Waals surface area contributed by atoms with Gasteiger partial charge in [-0.25, -0.2) is 8.42 Å². The first-order valence-electron chi connectivity index (χ1n) is 6.15. The van der Waals surface area contributed by atoms with Gasteiger partial charge in [0.1, 0.15) is 11.5 Å². The number of hydrogen-bond acceptors (Lipinski definition) is 4. The first-order chi connectivity index (χ1) is 9.92. The molecule has 0 saturated carbocycles. The molecule has 0 radical (unpaired) electrons. The fraction of sp³-hybridized carbons (Fsp3) is 0.214. The minimum absolute atomic E-state index is 0.0553. The van der Waals surface area contributed by atoms with E-state index in [4.69, 9.17) is 5.11 Å². The first kappa shape index (κ1) is 15.1. The van der Waals surface area contributed by atoms with E-state index in [1.165, 1.54) is 10.7 Å². The van der Waals surface area contributed by atoms with Crippen molar-refractivity contribution in [2.24, 2.45) is 7.05 Å². The molecule has 1 heterocycles. The molecule has 0 aliphatic rings. The van der Waals surface area contributed by atoms with Crippen LogP contribution in [0.2, 0.25) is 0 Å². The second kappa shape index (κ2) is 5.99. The Morgan fingerprint density at radius 1 is 1.38 bits per heavy atom. The number of hydrogen-bond donors (Lipinski definition) is 2. The summed E-state index contributed by atoms with van der Waals surface area (Å²) in [5.74, 6) is 5.36. The highest BCUT2D eigenvalue weighted by molar-refractivity contribution is 7.92. The normalized spacial score (nSPS) is 10.8. The average Bonchev–Trinajstić information content (AvgIpc) is 2.80. The molecule has 21 heavy (non-hydrogen) atoms. The van der Waals surface area contributed by atoms with E-state index >= 15 is 0 Å². The van der Waals surface area contributed by atoms with E-state index in [1.54, 1.807) is 31.4 Å². The summed E-state index contributed by atoms with van der Waals surface area (Å²) in [7, 11) is -2.09. The number of nitrogens with zero attached hydrogens (tertiary/aromatic N) is 2. The Labute approximate surface area is 123 Å². The minimum Gasteiger partial charge on any atom is -0.384 e. The van der Waals surface area contributed by atoms with Gasteiger partial charge < -0.3 is 5.11 Å². The zero-order chi connectivity index (χ0) is 15.5. The van der Waals surface area contributed by atoms with E-state index in [-0.39, 0.29) is 17.3 Å². The molecular formula is C14H15N3O3S. The Kier molecular flexibility index (Phi) is 4.31. The summed E-state index contributed by atoms with van der Waals surface area (Å²) >= 11 is 0. The van der Waals surface area contributed by atoms with Gasteiger partial charge in [0.2, 0.25) is 0 Å². The molecule has 0 aliphatic heterocycles. The summed E-state index contributed by atoms with van der Waals surface area (Å²) in [5, 5.41) is 12.8. The van der Waals surface area contributed by atoms with Gasteiger partial charge >= 0.3 is 0 Å². The molecule has 7 heteroatoms. The van der Waals surface area contributed by atoms with Crippen LogP contribution in [0.5, 0.6) is 0 Å². The highest BCUT2D eigenvalue weighted by Crippen LogP contribution is 2.19. The predicted molar refractivity (Wildman–Crippen MR) is 79.2 cm³/mol. The van der Waals surface area contributed by atoms with Gasteiger partial charge in [-0.2, -0.15) is 5.10 Å². The Bertz CT molecular complexity index is 813. The lowest BCUT2D eigenvalue weighted by atomic mass is 10.1. The molecule has 1 aromatic heterocycles. The molecule has 0 saturated heterocycles. The van der Waals surface area contributed by atoms with E-state index in [2.05, 4.69) is 21.7 Å². The number of benzene rings is 1. The monoisotopic (exact) mass is 305 g/mol. The van der Waals surface area contributed by atoms with Crippen LogP contribution in [0.25, 0.3) is 0 Å². The van der Waals surface area contributed by atoms with Crippen LogP contribution in [0.15, 0.2) is 35.4 Å². The fourth-order valence-electron chi connectivity index (χ4n) is 1.77. The molecule has 0 amide bonds. The lowest BCUT2D eigenvalue weighted by Gasteiger charge is -2.08. The minimum atomic E-state index is -3.79. The van der Waals surface area contributed by atoms with Gasteiger partial charge in [0.05, 0.1) is 0 Å². The Balaban J connectivity index is 2.44. The van der Waals surface area contributed by atoms with Crippen molar-refractivity contribution in [3.05, 3.63) is 41.6 Å². The largest absolute Gasteiger partial charge is 0.384 e. The van der Waals surface area contributed by atoms with Crippen LogP contribution in [-0.2, 0) is 17.1 Å². The van der Waals surface area contributed by atoms with Gasteiger partial charge in [-0.3, -0.25) is 9.40 Å². The number of aryl methyl sites for hydroxylation is 2. The molecule has 0 aliphatic carbocycles. The third-order valence-corrected chi connectivity index (χ3v) is 4.09. The van der Waals surface area contributed by atoms with Crippen LogP contribution in [0.4, 0.5) is 5.82 Å². The van der Waals surface area contributed by atoms with Crippen molar-refractivity contribution in [3.63, 3.8) is 0 Å². The van der Waals surface area contributed by atoms with Crippen molar-refractivity contribution in [3.8, 4) is 11.8 Å². The maximum Gasteiger partial charge on any atom is 0.264 e. The van der Waals surface area contributed by atoms with Crippen molar-refractivity contribution in [2.45, 2.75) is 11.8 Å². The number of sulfonamides is 1. The number of aliphatic hydroxyl groups excluding tert-OH is 1. The Hall–Kier alpha value is -2.30. The molecule has 0 bridgehead atoms. The van der Waals surface area contributed by atoms with Gasteiger partial charge in [-0.1, -0.05) is 17.9 Å². The van der Waals surface area contributed by atoms with E-state index < -0.39 is 10.0 Å². The van der Waals surface area contributed by atoms with Crippen LogP contribution in [0, 0.1) is 18.8 Å². The quantitative estimate of drug-likeness (QED) is 0.824. The fourth-order valence-corrected chi connectivity index (χ4v) is 2.91. The van der Waals surface area contributed by atoms with Crippen molar-refractivity contribution < 1.29 is 13.5 Å². The van der Waals surface area contributed by atoms with Crippen molar-refractivity contribution >= 4 is 15.8 Å². The molecule has 0 spiro atoms. The molecular weight excluding hydrogens is 290 g/mol.